The molecule has 1 aromatic carbocycles. The van der Waals surface area contributed by atoms with Crippen LogP contribution in [-0.4, -0.2) is 18.8 Å². The van der Waals surface area contributed by atoms with Gasteiger partial charge < -0.3 is 15.8 Å². The first-order valence-electron chi connectivity index (χ1n) is 5.96. The molecule has 1 aliphatic rings. The lowest BCUT2D eigenvalue weighted by molar-refractivity contribution is 0.0278. The Hall–Kier alpha value is -0.580. The Bertz CT molecular complexity index is 389. The van der Waals surface area contributed by atoms with Gasteiger partial charge in [-0.1, -0.05) is 22.0 Å². The molecule has 17 heavy (non-hydrogen) atoms. The van der Waals surface area contributed by atoms with Crippen molar-refractivity contribution in [3.8, 4) is 0 Å². The van der Waals surface area contributed by atoms with Crippen LogP contribution in [0.5, 0.6) is 0 Å². The smallest absolute Gasteiger partial charge is 0.0645 e. The molecular weight excluding hydrogens is 280 g/mol. The minimum Gasteiger partial charge on any atom is -0.398 e. The first-order chi connectivity index (χ1) is 8.09. The third-order valence-corrected chi connectivity index (χ3v) is 3.74. The number of anilines is 1. The van der Waals surface area contributed by atoms with E-state index >= 15 is 0 Å². The van der Waals surface area contributed by atoms with Gasteiger partial charge in [0.1, 0.15) is 0 Å². The quantitative estimate of drug-likeness (QED) is 0.844. The summed E-state index contributed by atoms with van der Waals surface area (Å²) in [7, 11) is 0. The van der Waals surface area contributed by atoms with E-state index in [0.29, 0.717) is 0 Å². The number of ether oxygens (including phenoxy) is 1. The molecule has 0 radical (unpaired) electrons. The van der Waals surface area contributed by atoms with E-state index in [-0.39, 0.29) is 5.54 Å². The summed E-state index contributed by atoms with van der Waals surface area (Å²) in [6, 6.07) is 6.02. The first kappa shape index (κ1) is 12.9. The molecule has 0 saturated carbocycles. The molecule has 3 nitrogen and oxygen atoms in total. The van der Waals surface area contributed by atoms with Crippen molar-refractivity contribution in [2.75, 3.05) is 18.9 Å². The fraction of sp³-hybridized carbons (Fsp3) is 0.538. The van der Waals surface area contributed by atoms with Crippen molar-refractivity contribution in [2.45, 2.75) is 31.8 Å². The van der Waals surface area contributed by atoms with Gasteiger partial charge in [0.25, 0.3) is 0 Å². The zero-order valence-corrected chi connectivity index (χ0v) is 11.7. The van der Waals surface area contributed by atoms with Crippen LogP contribution in [0.15, 0.2) is 22.7 Å². The molecule has 0 spiro atoms. The van der Waals surface area contributed by atoms with E-state index in [0.717, 1.165) is 48.3 Å². The Morgan fingerprint density at radius 1 is 1.53 bits per heavy atom. The Labute approximate surface area is 111 Å². The number of benzene rings is 1. The van der Waals surface area contributed by atoms with Gasteiger partial charge in [0, 0.05) is 28.9 Å². The standard InChI is InChI=1S/C13H19BrN2O/c1-13(5-2-6-17-9-13)16-8-10-3-4-11(14)7-12(10)15/h3-4,7,16H,2,5-6,8-9,15H2,1H3. The number of nitrogen functional groups attached to an aromatic ring is 1. The second-order valence-corrected chi connectivity index (χ2v) is 5.83. The predicted molar refractivity (Wildman–Crippen MR) is 73.9 cm³/mol. The lowest BCUT2D eigenvalue weighted by atomic mass is 9.94. The minimum atomic E-state index is 0.0811. The minimum absolute atomic E-state index is 0.0811. The van der Waals surface area contributed by atoms with Crippen LogP contribution < -0.4 is 11.1 Å². The van der Waals surface area contributed by atoms with Gasteiger partial charge in [0.15, 0.2) is 0 Å². The molecule has 1 atom stereocenters. The highest BCUT2D eigenvalue weighted by molar-refractivity contribution is 9.10. The molecule has 4 heteroatoms. The Morgan fingerprint density at radius 2 is 2.35 bits per heavy atom. The van der Waals surface area contributed by atoms with Gasteiger partial charge in [-0.25, -0.2) is 0 Å². The largest absolute Gasteiger partial charge is 0.398 e. The third-order valence-electron chi connectivity index (χ3n) is 3.25. The highest BCUT2D eigenvalue weighted by Gasteiger charge is 2.26. The van der Waals surface area contributed by atoms with Crippen LogP contribution >= 0.6 is 15.9 Å². The van der Waals surface area contributed by atoms with Gasteiger partial charge in [-0.3, -0.25) is 0 Å². The van der Waals surface area contributed by atoms with E-state index in [1.807, 2.05) is 12.1 Å². The molecular formula is C13H19BrN2O. The van der Waals surface area contributed by atoms with Crippen molar-refractivity contribution in [3.63, 3.8) is 0 Å². The molecule has 1 saturated heterocycles. The van der Waals surface area contributed by atoms with Gasteiger partial charge >= 0.3 is 0 Å². The zero-order valence-electron chi connectivity index (χ0n) is 10.1. The monoisotopic (exact) mass is 298 g/mol. The van der Waals surface area contributed by atoms with Crippen molar-refractivity contribution in [1.82, 2.24) is 5.32 Å². The van der Waals surface area contributed by atoms with E-state index in [1.165, 1.54) is 0 Å². The number of rotatable bonds is 3. The van der Waals surface area contributed by atoms with Crippen LogP contribution in [0.1, 0.15) is 25.3 Å². The summed E-state index contributed by atoms with van der Waals surface area (Å²) in [5, 5.41) is 3.55. The number of nitrogens with two attached hydrogens (primary N) is 1. The molecule has 2 rings (SSSR count). The second-order valence-electron chi connectivity index (χ2n) is 4.91. The molecule has 1 aromatic rings. The highest BCUT2D eigenvalue weighted by atomic mass is 79.9. The molecule has 0 bridgehead atoms. The van der Waals surface area contributed by atoms with Crippen LogP contribution in [-0.2, 0) is 11.3 Å². The summed E-state index contributed by atoms with van der Waals surface area (Å²) in [4.78, 5) is 0. The Kier molecular flexibility index (Phi) is 4.07. The maximum absolute atomic E-state index is 5.98. The number of nitrogens with one attached hydrogen (secondary N) is 1. The van der Waals surface area contributed by atoms with Crippen molar-refractivity contribution >= 4 is 21.6 Å². The first-order valence-corrected chi connectivity index (χ1v) is 6.75. The lowest BCUT2D eigenvalue weighted by Gasteiger charge is -2.34. The van der Waals surface area contributed by atoms with Crippen LogP contribution in [0.2, 0.25) is 0 Å². The molecule has 0 aromatic heterocycles. The van der Waals surface area contributed by atoms with E-state index in [9.17, 15) is 0 Å². The van der Waals surface area contributed by atoms with E-state index in [4.69, 9.17) is 10.5 Å². The van der Waals surface area contributed by atoms with E-state index in [1.54, 1.807) is 0 Å². The van der Waals surface area contributed by atoms with Gasteiger partial charge in [-0.2, -0.15) is 0 Å². The van der Waals surface area contributed by atoms with E-state index < -0.39 is 0 Å². The SMILES string of the molecule is CC1(NCc2ccc(Br)cc2N)CCCOC1. The lowest BCUT2D eigenvalue weighted by Crippen LogP contribution is -2.48. The molecule has 94 valence electrons. The summed E-state index contributed by atoms with van der Waals surface area (Å²) >= 11 is 3.41. The Morgan fingerprint density at radius 3 is 3.00 bits per heavy atom. The summed E-state index contributed by atoms with van der Waals surface area (Å²) in [5.74, 6) is 0. The summed E-state index contributed by atoms with van der Waals surface area (Å²) in [5.41, 5.74) is 8.02. The molecule has 1 heterocycles. The number of hydrogen-bond donors (Lipinski definition) is 2. The zero-order chi connectivity index (χ0) is 12.3. The average Bonchev–Trinajstić information content (AvgIpc) is 2.29. The molecule has 1 fully saturated rings. The van der Waals surface area contributed by atoms with Crippen LogP contribution in [0.3, 0.4) is 0 Å². The normalized spacial score (nSPS) is 24.8. The molecule has 0 aliphatic carbocycles. The van der Waals surface area contributed by atoms with Gasteiger partial charge in [0.2, 0.25) is 0 Å². The molecule has 1 unspecified atom stereocenters. The van der Waals surface area contributed by atoms with Crippen molar-refractivity contribution in [1.29, 1.82) is 0 Å². The van der Waals surface area contributed by atoms with E-state index in [2.05, 4.69) is 34.2 Å². The average molecular weight is 299 g/mol. The second kappa shape index (κ2) is 5.38. The fourth-order valence-corrected chi connectivity index (χ4v) is 2.49. The van der Waals surface area contributed by atoms with Gasteiger partial charge in [-0.05, 0) is 37.5 Å². The van der Waals surface area contributed by atoms with Crippen LogP contribution in [0, 0.1) is 0 Å². The molecule has 1 aliphatic heterocycles. The number of hydrogen-bond acceptors (Lipinski definition) is 3. The summed E-state index contributed by atoms with van der Waals surface area (Å²) < 4.78 is 6.54. The predicted octanol–water partition coefficient (Wildman–Crippen LogP) is 2.69. The van der Waals surface area contributed by atoms with Gasteiger partial charge in [-0.15, -0.1) is 0 Å². The Balaban J connectivity index is 1.97. The number of halogens is 1. The van der Waals surface area contributed by atoms with Crippen molar-refractivity contribution in [2.24, 2.45) is 0 Å². The third kappa shape index (κ3) is 3.44. The van der Waals surface area contributed by atoms with Crippen LogP contribution in [0.4, 0.5) is 5.69 Å². The summed E-state index contributed by atoms with van der Waals surface area (Å²) in [6.07, 6.45) is 2.28. The van der Waals surface area contributed by atoms with Gasteiger partial charge in [0.05, 0.1) is 6.61 Å². The van der Waals surface area contributed by atoms with Crippen molar-refractivity contribution in [3.05, 3.63) is 28.2 Å². The molecule has 0 amide bonds. The van der Waals surface area contributed by atoms with Crippen molar-refractivity contribution < 1.29 is 4.74 Å². The fourth-order valence-electron chi connectivity index (χ4n) is 2.11. The maximum atomic E-state index is 5.98. The summed E-state index contributed by atoms with van der Waals surface area (Å²) in [6.45, 7) is 4.67. The van der Waals surface area contributed by atoms with Crippen LogP contribution in [0.25, 0.3) is 0 Å². The topological polar surface area (TPSA) is 47.3 Å². The molecule has 3 N–H and O–H groups in total. The highest BCUT2D eigenvalue weighted by Crippen LogP contribution is 2.22. The maximum Gasteiger partial charge on any atom is 0.0645 e.